The molecule has 0 spiro atoms. The topological polar surface area (TPSA) is 131 Å². The first-order valence-corrected chi connectivity index (χ1v) is 9.32. The van der Waals surface area contributed by atoms with Crippen molar-refractivity contribution >= 4 is 21.9 Å². The van der Waals surface area contributed by atoms with Crippen LogP contribution in [0, 0.1) is 6.92 Å². The minimum absolute atomic E-state index is 0.165. The Morgan fingerprint density at radius 1 is 1.00 bits per heavy atom. The normalized spacial score (nSPS) is 13.1. The predicted octanol–water partition coefficient (Wildman–Crippen LogP) is 1.09. The summed E-state index contributed by atoms with van der Waals surface area (Å²) in [6, 6.07) is 8.15. The second kappa shape index (κ2) is 7.25. The Kier molecular flexibility index (Phi) is 5.02. The Labute approximate surface area is 154 Å². The van der Waals surface area contributed by atoms with Gasteiger partial charge in [0.15, 0.2) is 11.5 Å². The molecule has 0 fully saturated rings. The molecule has 1 amide bonds. The SMILES string of the molecule is Cc1ccc(C(=O)O)cc1S(=O)(=O)NNC(=O)c1ccc2c(c1)OCCO2. The first-order valence-electron chi connectivity index (χ1n) is 7.84. The molecule has 1 aliphatic heterocycles. The highest BCUT2D eigenvalue weighted by molar-refractivity contribution is 7.89. The number of hydrazine groups is 1. The van der Waals surface area contributed by atoms with Crippen LogP contribution >= 0.6 is 0 Å². The van der Waals surface area contributed by atoms with E-state index in [9.17, 15) is 18.0 Å². The fourth-order valence-corrected chi connectivity index (χ4v) is 3.56. The van der Waals surface area contributed by atoms with Gasteiger partial charge in [0.05, 0.1) is 10.5 Å². The summed E-state index contributed by atoms with van der Waals surface area (Å²) in [6.07, 6.45) is 0. The van der Waals surface area contributed by atoms with Crippen LogP contribution < -0.4 is 19.7 Å². The molecule has 0 radical (unpaired) electrons. The fraction of sp³-hybridized carbons (Fsp3) is 0.176. The summed E-state index contributed by atoms with van der Waals surface area (Å²) in [5, 5.41) is 9.02. The van der Waals surface area contributed by atoms with Gasteiger partial charge in [0.25, 0.3) is 15.9 Å². The summed E-state index contributed by atoms with van der Waals surface area (Å²) in [6.45, 7) is 2.28. The van der Waals surface area contributed by atoms with Crippen molar-refractivity contribution in [2.24, 2.45) is 0 Å². The Balaban J connectivity index is 1.76. The Bertz CT molecular complexity index is 1020. The number of aryl methyl sites for hydroxylation is 1. The van der Waals surface area contributed by atoms with Crippen molar-refractivity contribution in [3.63, 3.8) is 0 Å². The van der Waals surface area contributed by atoms with Gasteiger partial charge < -0.3 is 14.6 Å². The molecule has 0 aromatic heterocycles. The third-order valence-electron chi connectivity index (χ3n) is 3.83. The molecule has 0 saturated heterocycles. The molecule has 1 heterocycles. The monoisotopic (exact) mass is 392 g/mol. The lowest BCUT2D eigenvalue weighted by Crippen LogP contribution is -2.41. The van der Waals surface area contributed by atoms with Crippen LogP contribution in [0.2, 0.25) is 0 Å². The lowest BCUT2D eigenvalue weighted by Gasteiger charge is -2.18. The highest BCUT2D eigenvalue weighted by Crippen LogP contribution is 2.30. The van der Waals surface area contributed by atoms with Gasteiger partial charge in [-0.15, -0.1) is 4.83 Å². The van der Waals surface area contributed by atoms with Crippen molar-refractivity contribution < 1.29 is 32.6 Å². The summed E-state index contributed by atoms with van der Waals surface area (Å²) in [7, 11) is -4.17. The van der Waals surface area contributed by atoms with Crippen molar-refractivity contribution in [1.29, 1.82) is 0 Å². The van der Waals surface area contributed by atoms with Gasteiger partial charge >= 0.3 is 5.97 Å². The third kappa shape index (κ3) is 4.01. The number of ether oxygens (including phenoxy) is 2. The van der Waals surface area contributed by atoms with Crippen LogP contribution in [0.3, 0.4) is 0 Å². The number of fused-ring (bicyclic) bond motifs is 1. The van der Waals surface area contributed by atoms with E-state index in [1.54, 1.807) is 6.07 Å². The molecule has 0 atom stereocenters. The highest BCUT2D eigenvalue weighted by atomic mass is 32.2. The molecule has 2 aromatic rings. The number of hydrogen-bond donors (Lipinski definition) is 3. The Morgan fingerprint density at radius 2 is 1.67 bits per heavy atom. The first-order chi connectivity index (χ1) is 12.8. The molecular weight excluding hydrogens is 376 g/mol. The minimum atomic E-state index is -4.17. The lowest BCUT2D eigenvalue weighted by molar-refractivity contribution is 0.0696. The zero-order valence-corrected chi connectivity index (χ0v) is 15.0. The van der Waals surface area contributed by atoms with Gasteiger partial charge in [-0.25, -0.2) is 13.2 Å². The largest absolute Gasteiger partial charge is 0.486 e. The summed E-state index contributed by atoms with van der Waals surface area (Å²) in [5.41, 5.74) is 2.42. The number of sulfonamides is 1. The molecule has 10 heteroatoms. The van der Waals surface area contributed by atoms with E-state index < -0.39 is 21.9 Å². The Morgan fingerprint density at radius 3 is 2.37 bits per heavy atom. The molecule has 1 aliphatic rings. The van der Waals surface area contributed by atoms with E-state index >= 15 is 0 Å². The van der Waals surface area contributed by atoms with Gasteiger partial charge in [0.1, 0.15) is 13.2 Å². The van der Waals surface area contributed by atoms with Gasteiger partial charge in [0.2, 0.25) is 0 Å². The van der Waals surface area contributed by atoms with E-state index in [-0.39, 0.29) is 16.0 Å². The highest BCUT2D eigenvalue weighted by Gasteiger charge is 2.21. The third-order valence-corrected chi connectivity index (χ3v) is 5.22. The summed E-state index contributed by atoms with van der Waals surface area (Å²) in [4.78, 5) is 25.0. The maximum atomic E-state index is 12.4. The second-order valence-corrected chi connectivity index (χ2v) is 7.35. The zero-order valence-electron chi connectivity index (χ0n) is 14.2. The van der Waals surface area contributed by atoms with Crippen molar-refractivity contribution in [3.8, 4) is 11.5 Å². The molecule has 9 nitrogen and oxygen atoms in total. The standard InChI is InChI=1S/C17H16N2O7S/c1-10-2-3-12(17(21)22)9-15(10)27(23,24)19-18-16(20)11-4-5-13-14(8-11)26-7-6-25-13/h2-5,8-9,19H,6-7H2,1H3,(H,18,20)(H,21,22). The molecule has 2 aromatic carbocycles. The predicted molar refractivity (Wildman–Crippen MR) is 93.4 cm³/mol. The number of nitrogens with one attached hydrogen (secondary N) is 2. The van der Waals surface area contributed by atoms with E-state index in [1.807, 2.05) is 4.83 Å². The van der Waals surface area contributed by atoms with Crippen LogP contribution in [0.4, 0.5) is 0 Å². The van der Waals surface area contributed by atoms with Crippen LogP contribution in [-0.4, -0.2) is 38.6 Å². The van der Waals surface area contributed by atoms with Gasteiger partial charge in [0, 0.05) is 5.56 Å². The van der Waals surface area contributed by atoms with Crippen molar-refractivity contribution in [2.45, 2.75) is 11.8 Å². The average Bonchev–Trinajstić information content (AvgIpc) is 2.65. The van der Waals surface area contributed by atoms with E-state index in [0.29, 0.717) is 30.3 Å². The number of amides is 1. The number of benzene rings is 2. The number of carboxylic acids is 1. The number of carbonyl (C=O) groups excluding carboxylic acids is 1. The van der Waals surface area contributed by atoms with Gasteiger partial charge in [-0.05, 0) is 42.8 Å². The van der Waals surface area contributed by atoms with E-state index in [0.717, 1.165) is 6.07 Å². The average molecular weight is 392 g/mol. The lowest BCUT2D eigenvalue weighted by atomic mass is 10.1. The molecule has 3 N–H and O–H groups in total. The molecular formula is C17H16N2O7S. The quantitative estimate of drug-likeness (QED) is 0.649. The summed E-state index contributed by atoms with van der Waals surface area (Å²) in [5.74, 6) is -1.07. The molecule has 142 valence electrons. The number of aromatic carboxylic acids is 1. The van der Waals surface area contributed by atoms with Crippen molar-refractivity contribution in [2.75, 3.05) is 13.2 Å². The molecule has 3 rings (SSSR count). The van der Waals surface area contributed by atoms with Gasteiger partial charge in [-0.1, -0.05) is 6.07 Å². The van der Waals surface area contributed by atoms with Crippen LogP contribution in [0.25, 0.3) is 0 Å². The molecule has 0 bridgehead atoms. The number of carbonyl (C=O) groups is 2. The van der Waals surface area contributed by atoms with Crippen molar-refractivity contribution in [1.82, 2.24) is 10.3 Å². The van der Waals surface area contributed by atoms with Crippen molar-refractivity contribution in [3.05, 3.63) is 53.1 Å². The summed E-state index contributed by atoms with van der Waals surface area (Å²) >= 11 is 0. The van der Waals surface area contributed by atoms with Gasteiger partial charge in [-0.2, -0.15) is 0 Å². The maximum Gasteiger partial charge on any atom is 0.335 e. The molecule has 0 unspecified atom stereocenters. The van der Waals surface area contributed by atoms with Crippen LogP contribution in [0.15, 0.2) is 41.3 Å². The fourth-order valence-electron chi connectivity index (χ4n) is 2.45. The molecule has 27 heavy (non-hydrogen) atoms. The van der Waals surface area contributed by atoms with E-state index in [4.69, 9.17) is 14.6 Å². The second-order valence-electron chi connectivity index (χ2n) is 5.70. The van der Waals surface area contributed by atoms with E-state index in [2.05, 4.69) is 5.43 Å². The first kappa shape index (κ1) is 18.7. The minimum Gasteiger partial charge on any atom is -0.486 e. The maximum absolute atomic E-state index is 12.4. The number of carboxylic acid groups (broad SMARTS) is 1. The van der Waals surface area contributed by atoms with Crippen LogP contribution in [0.1, 0.15) is 26.3 Å². The molecule has 0 aliphatic carbocycles. The smallest absolute Gasteiger partial charge is 0.335 e. The number of rotatable bonds is 5. The molecule has 0 saturated carbocycles. The van der Waals surface area contributed by atoms with Crippen LogP contribution in [-0.2, 0) is 10.0 Å². The Hall–Kier alpha value is -3.11. The number of hydrogen-bond acceptors (Lipinski definition) is 6. The van der Waals surface area contributed by atoms with Gasteiger partial charge in [-0.3, -0.25) is 10.2 Å². The zero-order chi connectivity index (χ0) is 19.6. The van der Waals surface area contributed by atoms with E-state index in [1.165, 1.54) is 31.2 Å². The summed E-state index contributed by atoms with van der Waals surface area (Å²) < 4.78 is 35.6. The van der Waals surface area contributed by atoms with Crippen LogP contribution in [0.5, 0.6) is 11.5 Å².